The zero-order chi connectivity index (χ0) is 14.4. The van der Waals surface area contributed by atoms with Gasteiger partial charge in [0.05, 0.1) is 20.3 Å². The molecule has 0 spiro atoms. The Labute approximate surface area is 117 Å². The van der Waals surface area contributed by atoms with Crippen molar-refractivity contribution in [2.24, 2.45) is 0 Å². The van der Waals surface area contributed by atoms with Crippen LogP contribution in [0.5, 0.6) is 11.5 Å². The van der Waals surface area contributed by atoms with Crippen molar-refractivity contribution in [1.29, 1.82) is 0 Å². The molecule has 2 rings (SSSR count). The Morgan fingerprint density at radius 2 is 2.10 bits per heavy atom. The second-order valence-corrected chi connectivity index (χ2v) is 4.21. The molecule has 106 valence electrons. The van der Waals surface area contributed by atoms with Crippen LogP contribution in [0.15, 0.2) is 47.4 Å². The first-order chi connectivity index (χ1) is 9.74. The minimum Gasteiger partial charge on any atom is -0.497 e. The molecule has 0 aliphatic heterocycles. The topological polar surface area (TPSA) is 60.7 Å². The van der Waals surface area contributed by atoms with E-state index >= 15 is 0 Å². The van der Waals surface area contributed by atoms with Crippen LogP contribution in [0, 0.1) is 0 Å². The summed E-state index contributed by atoms with van der Waals surface area (Å²) in [5, 5.41) is 9.31. The van der Waals surface area contributed by atoms with E-state index in [2.05, 4.69) is 0 Å². The van der Waals surface area contributed by atoms with E-state index in [4.69, 9.17) is 9.47 Å². The fraction of sp³-hybridized carbons (Fsp3) is 0.267. The van der Waals surface area contributed by atoms with Gasteiger partial charge in [-0.3, -0.25) is 4.79 Å². The van der Waals surface area contributed by atoms with Gasteiger partial charge < -0.3 is 19.1 Å². The maximum Gasteiger partial charge on any atom is 0.250 e. The number of aromatic nitrogens is 1. The van der Waals surface area contributed by atoms with E-state index in [1.54, 1.807) is 48.2 Å². The summed E-state index contributed by atoms with van der Waals surface area (Å²) in [5.74, 6) is 1.26. The summed E-state index contributed by atoms with van der Waals surface area (Å²) in [6, 6.07) is 10.2. The molecule has 1 aromatic heterocycles. The van der Waals surface area contributed by atoms with E-state index < -0.39 is 0 Å². The predicted octanol–water partition coefficient (Wildman–Crippen LogP) is 1.43. The fourth-order valence-corrected chi connectivity index (χ4v) is 1.85. The zero-order valence-corrected chi connectivity index (χ0v) is 11.3. The van der Waals surface area contributed by atoms with Crippen molar-refractivity contribution >= 4 is 0 Å². The third-order valence-electron chi connectivity index (χ3n) is 2.93. The van der Waals surface area contributed by atoms with Gasteiger partial charge in [-0.1, -0.05) is 6.07 Å². The summed E-state index contributed by atoms with van der Waals surface area (Å²) in [7, 11) is 1.57. The summed E-state index contributed by atoms with van der Waals surface area (Å²) >= 11 is 0. The van der Waals surface area contributed by atoms with Gasteiger partial charge in [-0.15, -0.1) is 0 Å². The first kappa shape index (κ1) is 14.1. The molecule has 0 unspecified atom stereocenters. The highest BCUT2D eigenvalue weighted by Crippen LogP contribution is 2.24. The van der Waals surface area contributed by atoms with Gasteiger partial charge in [0, 0.05) is 17.8 Å². The van der Waals surface area contributed by atoms with Crippen LogP contribution in [0.1, 0.15) is 5.56 Å². The van der Waals surface area contributed by atoms with Gasteiger partial charge in [-0.25, -0.2) is 0 Å². The maximum atomic E-state index is 11.5. The van der Waals surface area contributed by atoms with Gasteiger partial charge in [0.15, 0.2) is 0 Å². The highest BCUT2D eigenvalue weighted by atomic mass is 16.5. The number of benzene rings is 1. The lowest BCUT2D eigenvalue weighted by molar-refractivity contribution is 0.256. The number of aliphatic hydroxyl groups excluding tert-OH is 1. The standard InChI is InChI=1S/C15H17NO4/c1-19-13-5-6-14(12(10-13)11-17)20-9-8-16-7-3-2-4-15(16)18/h2-7,10,17H,8-9,11H2,1H3. The van der Waals surface area contributed by atoms with Gasteiger partial charge in [-0.2, -0.15) is 0 Å². The number of rotatable bonds is 6. The Morgan fingerprint density at radius 3 is 2.80 bits per heavy atom. The molecular weight excluding hydrogens is 258 g/mol. The number of aliphatic hydroxyl groups is 1. The lowest BCUT2D eigenvalue weighted by Gasteiger charge is -2.12. The lowest BCUT2D eigenvalue weighted by atomic mass is 10.2. The Morgan fingerprint density at radius 1 is 1.25 bits per heavy atom. The highest BCUT2D eigenvalue weighted by Gasteiger charge is 2.05. The molecule has 0 saturated carbocycles. The van der Waals surface area contributed by atoms with Gasteiger partial charge in [0.25, 0.3) is 5.56 Å². The summed E-state index contributed by atoms with van der Waals surface area (Å²) in [6.45, 7) is 0.678. The van der Waals surface area contributed by atoms with Crippen LogP contribution in [0.3, 0.4) is 0 Å². The normalized spacial score (nSPS) is 10.3. The van der Waals surface area contributed by atoms with Crippen molar-refractivity contribution < 1.29 is 14.6 Å². The van der Waals surface area contributed by atoms with Crippen LogP contribution >= 0.6 is 0 Å². The number of hydrogen-bond donors (Lipinski definition) is 1. The van der Waals surface area contributed by atoms with Crippen molar-refractivity contribution in [3.63, 3.8) is 0 Å². The molecule has 0 saturated heterocycles. The van der Waals surface area contributed by atoms with Crippen LogP contribution in [0.25, 0.3) is 0 Å². The smallest absolute Gasteiger partial charge is 0.250 e. The molecule has 0 fully saturated rings. The minimum absolute atomic E-state index is 0.0618. The van der Waals surface area contributed by atoms with Crippen LogP contribution < -0.4 is 15.0 Å². The molecule has 1 heterocycles. The van der Waals surface area contributed by atoms with E-state index in [9.17, 15) is 9.90 Å². The summed E-state index contributed by atoms with van der Waals surface area (Å²) in [4.78, 5) is 11.5. The molecule has 5 nitrogen and oxygen atoms in total. The van der Waals surface area contributed by atoms with Crippen molar-refractivity contribution in [2.75, 3.05) is 13.7 Å². The monoisotopic (exact) mass is 275 g/mol. The fourth-order valence-electron chi connectivity index (χ4n) is 1.85. The van der Waals surface area contributed by atoms with Gasteiger partial charge in [0.2, 0.25) is 0 Å². The summed E-state index contributed by atoms with van der Waals surface area (Å²) in [6.07, 6.45) is 1.71. The lowest BCUT2D eigenvalue weighted by Crippen LogP contribution is -2.21. The Bertz CT molecular complexity index is 621. The predicted molar refractivity (Wildman–Crippen MR) is 75.1 cm³/mol. The molecule has 1 N–H and O–H groups in total. The largest absolute Gasteiger partial charge is 0.497 e. The number of ether oxygens (including phenoxy) is 2. The third kappa shape index (κ3) is 3.39. The molecule has 0 radical (unpaired) electrons. The summed E-state index contributed by atoms with van der Waals surface area (Å²) in [5.41, 5.74) is 0.595. The average Bonchev–Trinajstić information content (AvgIpc) is 2.49. The first-order valence-corrected chi connectivity index (χ1v) is 6.30. The number of methoxy groups -OCH3 is 1. The quantitative estimate of drug-likeness (QED) is 0.866. The second kappa shape index (κ2) is 6.77. The van der Waals surface area contributed by atoms with Crippen LogP contribution in [-0.4, -0.2) is 23.4 Å². The average molecular weight is 275 g/mol. The van der Waals surface area contributed by atoms with E-state index in [1.807, 2.05) is 0 Å². The van der Waals surface area contributed by atoms with Crippen LogP contribution in [0.2, 0.25) is 0 Å². The van der Waals surface area contributed by atoms with Crippen LogP contribution in [0.4, 0.5) is 0 Å². The third-order valence-corrected chi connectivity index (χ3v) is 2.93. The Hall–Kier alpha value is -2.27. The minimum atomic E-state index is -0.127. The van der Waals surface area contributed by atoms with Gasteiger partial charge >= 0.3 is 0 Å². The first-order valence-electron chi connectivity index (χ1n) is 6.30. The molecule has 0 aliphatic rings. The molecule has 1 aromatic carbocycles. The van der Waals surface area contributed by atoms with Crippen molar-refractivity contribution in [3.8, 4) is 11.5 Å². The molecule has 0 amide bonds. The van der Waals surface area contributed by atoms with E-state index in [0.29, 0.717) is 30.2 Å². The van der Waals surface area contributed by atoms with Gasteiger partial charge in [0.1, 0.15) is 18.1 Å². The summed E-state index contributed by atoms with van der Waals surface area (Å²) < 4.78 is 12.3. The number of pyridine rings is 1. The maximum absolute atomic E-state index is 11.5. The molecular formula is C15H17NO4. The van der Waals surface area contributed by atoms with E-state index in [-0.39, 0.29) is 12.2 Å². The van der Waals surface area contributed by atoms with Crippen molar-refractivity contribution in [2.45, 2.75) is 13.2 Å². The van der Waals surface area contributed by atoms with Crippen LogP contribution in [-0.2, 0) is 13.2 Å². The van der Waals surface area contributed by atoms with Gasteiger partial charge in [-0.05, 0) is 24.3 Å². The zero-order valence-electron chi connectivity index (χ0n) is 11.3. The Kier molecular flexibility index (Phi) is 4.79. The number of hydrogen-bond acceptors (Lipinski definition) is 4. The number of nitrogens with zero attached hydrogens (tertiary/aromatic N) is 1. The molecule has 0 bridgehead atoms. The van der Waals surface area contributed by atoms with E-state index in [0.717, 1.165) is 0 Å². The highest BCUT2D eigenvalue weighted by molar-refractivity contribution is 5.39. The molecule has 5 heteroatoms. The molecule has 2 aromatic rings. The second-order valence-electron chi connectivity index (χ2n) is 4.21. The van der Waals surface area contributed by atoms with Crippen molar-refractivity contribution in [1.82, 2.24) is 4.57 Å². The van der Waals surface area contributed by atoms with E-state index in [1.165, 1.54) is 6.07 Å². The Balaban J connectivity index is 2.01. The molecule has 20 heavy (non-hydrogen) atoms. The van der Waals surface area contributed by atoms with Crippen molar-refractivity contribution in [3.05, 3.63) is 58.5 Å². The SMILES string of the molecule is COc1ccc(OCCn2ccccc2=O)c(CO)c1. The molecule has 0 aliphatic carbocycles. The molecule has 0 atom stereocenters.